The molecule has 0 aromatic carbocycles. The van der Waals surface area contributed by atoms with E-state index in [-0.39, 0.29) is 11.5 Å². The normalized spacial score (nSPS) is 13.8. The average molecular weight is 285 g/mol. The SMILES string of the molecule is CCOC(=O)C(C)(N)CCCSc1nccc(=O)[nH]1. The van der Waals surface area contributed by atoms with Gasteiger partial charge in [0.15, 0.2) is 5.16 Å². The van der Waals surface area contributed by atoms with Gasteiger partial charge in [0.1, 0.15) is 5.54 Å². The Labute approximate surface area is 116 Å². The van der Waals surface area contributed by atoms with Crippen LogP contribution in [0.25, 0.3) is 0 Å². The number of carbonyl (C=O) groups excluding carboxylic acids is 1. The minimum Gasteiger partial charge on any atom is -0.465 e. The van der Waals surface area contributed by atoms with E-state index in [1.165, 1.54) is 24.0 Å². The fraction of sp³-hybridized carbons (Fsp3) is 0.583. The molecule has 19 heavy (non-hydrogen) atoms. The first-order chi connectivity index (χ1) is 8.95. The van der Waals surface area contributed by atoms with Gasteiger partial charge in [-0.25, -0.2) is 4.98 Å². The largest absolute Gasteiger partial charge is 0.465 e. The zero-order valence-corrected chi connectivity index (χ0v) is 12.0. The third-order valence-electron chi connectivity index (χ3n) is 2.47. The van der Waals surface area contributed by atoms with Crippen molar-refractivity contribution in [3.8, 4) is 0 Å². The molecule has 3 N–H and O–H groups in total. The molecule has 0 aliphatic rings. The van der Waals surface area contributed by atoms with Crippen LogP contribution in [0.5, 0.6) is 0 Å². The molecule has 0 amide bonds. The zero-order valence-electron chi connectivity index (χ0n) is 11.1. The molecule has 0 fully saturated rings. The molecule has 1 heterocycles. The third-order valence-corrected chi connectivity index (χ3v) is 3.44. The molecule has 106 valence electrons. The van der Waals surface area contributed by atoms with Crippen LogP contribution in [0.2, 0.25) is 0 Å². The number of hydrogen-bond acceptors (Lipinski definition) is 6. The summed E-state index contributed by atoms with van der Waals surface area (Å²) in [6.45, 7) is 3.75. The number of aromatic amines is 1. The number of aromatic nitrogens is 2. The molecular weight excluding hydrogens is 266 g/mol. The lowest BCUT2D eigenvalue weighted by Gasteiger charge is -2.21. The fourth-order valence-corrected chi connectivity index (χ4v) is 2.22. The first kappa shape index (κ1) is 15.7. The third kappa shape index (κ3) is 5.44. The van der Waals surface area contributed by atoms with Gasteiger partial charge in [0.25, 0.3) is 5.56 Å². The molecule has 0 aliphatic carbocycles. The van der Waals surface area contributed by atoms with Crippen LogP contribution < -0.4 is 11.3 Å². The summed E-state index contributed by atoms with van der Waals surface area (Å²) < 4.78 is 4.91. The highest BCUT2D eigenvalue weighted by Gasteiger charge is 2.29. The fourth-order valence-electron chi connectivity index (χ4n) is 1.43. The van der Waals surface area contributed by atoms with E-state index in [1.807, 2.05) is 0 Å². The van der Waals surface area contributed by atoms with Gasteiger partial charge in [0, 0.05) is 18.0 Å². The molecule has 1 atom stereocenters. The first-order valence-corrected chi connectivity index (χ1v) is 7.08. The lowest BCUT2D eigenvalue weighted by Crippen LogP contribution is -2.46. The standard InChI is InChI=1S/C12H19N3O3S/c1-3-18-10(17)12(2,13)6-4-8-19-11-14-7-5-9(16)15-11/h5,7H,3-4,6,8,13H2,1-2H3,(H,14,15,16). The van der Waals surface area contributed by atoms with Gasteiger partial charge < -0.3 is 15.5 Å². The first-order valence-electron chi connectivity index (χ1n) is 6.10. The van der Waals surface area contributed by atoms with E-state index < -0.39 is 5.54 Å². The van der Waals surface area contributed by atoms with Gasteiger partial charge in [-0.3, -0.25) is 9.59 Å². The van der Waals surface area contributed by atoms with Gasteiger partial charge in [0.2, 0.25) is 0 Å². The van der Waals surface area contributed by atoms with Gasteiger partial charge in [-0.1, -0.05) is 11.8 Å². The van der Waals surface area contributed by atoms with E-state index in [0.29, 0.717) is 18.2 Å². The molecule has 1 aromatic heterocycles. The van der Waals surface area contributed by atoms with Crippen LogP contribution in [0, 0.1) is 0 Å². The highest BCUT2D eigenvalue weighted by Crippen LogP contribution is 2.17. The van der Waals surface area contributed by atoms with Gasteiger partial charge in [-0.2, -0.15) is 0 Å². The molecule has 1 aromatic rings. The van der Waals surface area contributed by atoms with E-state index in [1.54, 1.807) is 13.8 Å². The van der Waals surface area contributed by atoms with Crippen LogP contribution in [-0.2, 0) is 9.53 Å². The summed E-state index contributed by atoms with van der Waals surface area (Å²) in [6, 6.07) is 1.36. The van der Waals surface area contributed by atoms with E-state index in [0.717, 1.165) is 12.2 Å². The van der Waals surface area contributed by atoms with Crippen molar-refractivity contribution in [3.63, 3.8) is 0 Å². The van der Waals surface area contributed by atoms with Gasteiger partial charge in [0.05, 0.1) is 6.61 Å². The Morgan fingerprint density at radius 3 is 3.00 bits per heavy atom. The number of rotatable bonds is 7. The molecule has 0 spiro atoms. The molecule has 7 heteroatoms. The van der Waals surface area contributed by atoms with Crippen LogP contribution in [0.15, 0.2) is 22.2 Å². The van der Waals surface area contributed by atoms with E-state index >= 15 is 0 Å². The molecule has 1 rings (SSSR count). The van der Waals surface area contributed by atoms with Crippen molar-refractivity contribution in [2.75, 3.05) is 12.4 Å². The number of carbonyl (C=O) groups is 1. The van der Waals surface area contributed by atoms with Crippen molar-refractivity contribution in [2.45, 2.75) is 37.4 Å². The van der Waals surface area contributed by atoms with Crippen molar-refractivity contribution in [1.82, 2.24) is 9.97 Å². The Morgan fingerprint density at radius 1 is 1.63 bits per heavy atom. The number of hydrogen-bond donors (Lipinski definition) is 2. The minimum atomic E-state index is -0.964. The molecule has 6 nitrogen and oxygen atoms in total. The second-order valence-corrected chi connectivity index (χ2v) is 5.41. The summed E-state index contributed by atoms with van der Waals surface area (Å²) in [5.74, 6) is 0.338. The Morgan fingerprint density at radius 2 is 2.37 bits per heavy atom. The Hall–Kier alpha value is -1.34. The van der Waals surface area contributed by atoms with Crippen LogP contribution in [-0.4, -0.2) is 33.8 Å². The highest BCUT2D eigenvalue weighted by molar-refractivity contribution is 7.99. The van der Waals surface area contributed by atoms with Gasteiger partial charge in [-0.15, -0.1) is 0 Å². The maximum atomic E-state index is 11.6. The Kier molecular flexibility index (Phi) is 6.04. The van der Waals surface area contributed by atoms with Crippen molar-refractivity contribution < 1.29 is 9.53 Å². The monoisotopic (exact) mass is 285 g/mol. The highest BCUT2D eigenvalue weighted by atomic mass is 32.2. The minimum absolute atomic E-state index is 0.173. The summed E-state index contributed by atoms with van der Waals surface area (Å²) in [5, 5.41) is 0.572. The number of esters is 1. The molecule has 0 saturated heterocycles. The van der Waals surface area contributed by atoms with Crippen molar-refractivity contribution >= 4 is 17.7 Å². The summed E-state index contributed by atoms with van der Waals surface area (Å²) in [7, 11) is 0. The smallest absolute Gasteiger partial charge is 0.325 e. The van der Waals surface area contributed by atoms with Crippen LogP contribution in [0.4, 0.5) is 0 Å². The van der Waals surface area contributed by atoms with E-state index in [9.17, 15) is 9.59 Å². The number of nitrogens with one attached hydrogen (secondary N) is 1. The lowest BCUT2D eigenvalue weighted by molar-refractivity contribution is -0.149. The zero-order chi connectivity index (χ0) is 14.3. The van der Waals surface area contributed by atoms with Gasteiger partial charge in [-0.05, 0) is 26.7 Å². The van der Waals surface area contributed by atoms with Crippen molar-refractivity contribution in [2.24, 2.45) is 5.73 Å². The molecule has 0 aliphatic heterocycles. The van der Waals surface area contributed by atoms with Crippen molar-refractivity contribution in [1.29, 1.82) is 0 Å². The quantitative estimate of drug-likeness (QED) is 0.334. The summed E-state index contributed by atoms with van der Waals surface area (Å²) in [6.07, 6.45) is 2.72. The summed E-state index contributed by atoms with van der Waals surface area (Å²) >= 11 is 1.43. The maximum Gasteiger partial charge on any atom is 0.325 e. The van der Waals surface area contributed by atoms with Crippen LogP contribution >= 0.6 is 11.8 Å². The summed E-state index contributed by atoms with van der Waals surface area (Å²) in [4.78, 5) is 29.3. The van der Waals surface area contributed by atoms with E-state index in [2.05, 4.69) is 9.97 Å². The number of nitrogens with two attached hydrogens (primary N) is 1. The molecular formula is C12H19N3O3S. The predicted octanol–water partition coefficient (Wildman–Crippen LogP) is 0.923. The second-order valence-electron chi connectivity index (χ2n) is 4.33. The number of H-pyrrole nitrogens is 1. The van der Waals surface area contributed by atoms with Crippen molar-refractivity contribution in [3.05, 3.63) is 22.6 Å². The van der Waals surface area contributed by atoms with E-state index in [4.69, 9.17) is 10.5 Å². The molecule has 0 radical (unpaired) electrons. The Bertz CT molecular complexity index is 473. The lowest BCUT2D eigenvalue weighted by atomic mass is 9.98. The summed E-state index contributed by atoms with van der Waals surface area (Å²) in [5.41, 5.74) is 4.76. The molecule has 0 bridgehead atoms. The number of ether oxygens (including phenoxy) is 1. The van der Waals surface area contributed by atoms with Crippen LogP contribution in [0.3, 0.4) is 0 Å². The molecule has 0 saturated carbocycles. The van der Waals surface area contributed by atoms with Crippen LogP contribution in [0.1, 0.15) is 26.7 Å². The number of thioether (sulfide) groups is 1. The second kappa shape index (κ2) is 7.30. The average Bonchev–Trinajstić information content (AvgIpc) is 2.35. The van der Waals surface area contributed by atoms with Gasteiger partial charge >= 0.3 is 5.97 Å². The topological polar surface area (TPSA) is 98.1 Å². The Balaban J connectivity index is 2.34. The maximum absolute atomic E-state index is 11.6. The number of nitrogens with zero attached hydrogens (tertiary/aromatic N) is 1. The molecule has 1 unspecified atom stereocenters. The predicted molar refractivity (Wildman–Crippen MR) is 74.0 cm³/mol.